The van der Waals surface area contributed by atoms with Gasteiger partial charge in [0.1, 0.15) is 0 Å². The highest BCUT2D eigenvalue weighted by molar-refractivity contribution is 9.09. The number of rotatable bonds is 6. The number of aliphatic hydroxyl groups is 1. The zero-order valence-corrected chi connectivity index (χ0v) is 8.73. The molecule has 0 aliphatic rings. The van der Waals surface area contributed by atoms with Crippen molar-refractivity contribution in [2.24, 2.45) is 0 Å². The van der Waals surface area contributed by atoms with Crippen molar-refractivity contribution >= 4 is 15.9 Å². The van der Waals surface area contributed by atoms with Crippen molar-refractivity contribution in [2.45, 2.75) is 32.6 Å². The Morgan fingerprint density at radius 2 is 2.18 bits per heavy atom. The van der Waals surface area contributed by atoms with Crippen molar-refractivity contribution in [1.29, 1.82) is 0 Å². The summed E-state index contributed by atoms with van der Waals surface area (Å²) in [4.78, 5) is 0. The Balaban J connectivity index is 3.27. The van der Waals surface area contributed by atoms with Gasteiger partial charge in [-0.15, -0.1) is 0 Å². The SMILES string of the molecule is C/C(=C\CCBr)CCCCO. The number of halogens is 1. The summed E-state index contributed by atoms with van der Waals surface area (Å²) in [5, 5.41) is 9.57. The lowest BCUT2D eigenvalue weighted by Gasteiger charge is -1.98. The highest BCUT2D eigenvalue weighted by Crippen LogP contribution is 2.07. The van der Waals surface area contributed by atoms with Crippen LogP contribution >= 0.6 is 15.9 Å². The Morgan fingerprint density at radius 3 is 2.73 bits per heavy atom. The molecule has 0 rings (SSSR count). The summed E-state index contributed by atoms with van der Waals surface area (Å²) < 4.78 is 0. The van der Waals surface area contributed by atoms with Crippen LogP contribution in [0.2, 0.25) is 0 Å². The molecule has 0 heterocycles. The standard InChI is InChI=1S/C9H17BrO/c1-9(6-4-7-10)5-2-3-8-11/h6,11H,2-5,7-8H2,1H3/b9-6+. The molecule has 1 N–H and O–H groups in total. The topological polar surface area (TPSA) is 20.2 Å². The second kappa shape index (κ2) is 8.28. The molecule has 1 nitrogen and oxygen atoms in total. The number of unbranched alkanes of at least 4 members (excludes halogenated alkanes) is 1. The quantitative estimate of drug-likeness (QED) is 0.415. The second-order valence-electron chi connectivity index (χ2n) is 2.71. The van der Waals surface area contributed by atoms with Crippen molar-refractivity contribution in [2.75, 3.05) is 11.9 Å². The molecule has 0 aromatic heterocycles. The first-order valence-corrected chi connectivity index (χ1v) is 5.26. The third kappa shape index (κ3) is 8.08. The Kier molecular flexibility index (Phi) is 8.41. The van der Waals surface area contributed by atoms with Crippen LogP contribution < -0.4 is 0 Å². The van der Waals surface area contributed by atoms with Crippen molar-refractivity contribution in [1.82, 2.24) is 0 Å². The van der Waals surface area contributed by atoms with Crippen molar-refractivity contribution in [3.63, 3.8) is 0 Å². The molecule has 0 saturated heterocycles. The fourth-order valence-corrected chi connectivity index (χ4v) is 1.15. The summed E-state index contributed by atoms with van der Waals surface area (Å²) >= 11 is 3.38. The molecule has 0 bridgehead atoms. The van der Waals surface area contributed by atoms with Crippen LogP contribution in [-0.2, 0) is 0 Å². The van der Waals surface area contributed by atoms with E-state index in [0.29, 0.717) is 6.61 Å². The van der Waals surface area contributed by atoms with E-state index in [4.69, 9.17) is 5.11 Å². The molecule has 0 radical (unpaired) electrons. The van der Waals surface area contributed by atoms with Crippen LogP contribution in [0.4, 0.5) is 0 Å². The molecular weight excluding hydrogens is 204 g/mol. The van der Waals surface area contributed by atoms with Gasteiger partial charge in [0.15, 0.2) is 0 Å². The van der Waals surface area contributed by atoms with Gasteiger partial charge in [-0.2, -0.15) is 0 Å². The molecule has 11 heavy (non-hydrogen) atoms. The average Bonchev–Trinajstić information content (AvgIpc) is 2.01. The molecule has 0 amide bonds. The van der Waals surface area contributed by atoms with Crippen molar-refractivity contribution in [3.05, 3.63) is 11.6 Å². The van der Waals surface area contributed by atoms with E-state index in [9.17, 15) is 0 Å². The maximum absolute atomic E-state index is 8.53. The molecule has 0 atom stereocenters. The first kappa shape index (κ1) is 11.2. The third-order valence-electron chi connectivity index (χ3n) is 1.58. The highest BCUT2D eigenvalue weighted by atomic mass is 79.9. The summed E-state index contributed by atoms with van der Waals surface area (Å²) in [6.45, 7) is 2.48. The fourth-order valence-electron chi connectivity index (χ4n) is 0.919. The number of hydrogen-bond acceptors (Lipinski definition) is 1. The number of hydrogen-bond donors (Lipinski definition) is 1. The predicted molar refractivity (Wildman–Crippen MR) is 53.1 cm³/mol. The summed E-state index contributed by atoms with van der Waals surface area (Å²) in [6, 6.07) is 0. The van der Waals surface area contributed by atoms with Gasteiger partial charge in [0.05, 0.1) is 0 Å². The maximum atomic E-state index is 8.53. The molecule has 0 aliphatic carbocycles. The van der Waals surface area contributed by atoms with Gasteiger partial charge in [0.25, 0.3) is 0 Å². The van der Waals surface area contributed by atoms with Gasteiger partial charge < -0.3 is 5.11 Å². The average molecular weight is 221 g/mol. The van der Waals surface area contributed by atoms with E-state index in [1.165, 1.54) is 5.57 Å². The van der Waals surface area contributed by atoms with E-state index < -0.39 is 0 Å². The normalized spacial score (nSPS) is 12.1. The monoisotopic (exact) mass is 220 g/mol. The lowest BCUT2D eigenvalue weighted by atomic mass is 10.1. The van der Waals surface area contributed by atoms with E-state index >= 15 is 0 Å². The summed E-state index contributed by atoms with van der Waals surface area (Å²) in [6.07, 6.45) is 6.55. The first-order chi connectivity index (χ1) is 5.31. The Hall–Kier alpha value is 0.180. The van der Waals surface area contributed by atoms with Crippen LogP contribution in [0.15, 0.2) is 11.6 Å². The minimum atomic E-state index is 0.325. The van der Waals surface area contributed by atoms with E-state index in [1.807, 2.05) is 0 Å². The molecular formula is C9H17BrO. The summed E-state index contributed by atoms with van der Waals surface area (Å²) in [5.41, 5.74) is 1.44. The van der Waals surface area contributed by atoms with E-state index in [0.717, 1.165) is 31.0 Å². The minimum absolute atomic E-state index is 0.325. The number of alkyl halides is 1. The zero-order chi connectivity index (χ0) is 8.53. The van der Waals surface area contributed by atoms with Crippen LogP contribution in [0.3, 0.4) is 0 Å². The molecule has 0 aromatic carbocycles. The molecule has 66 valence electrons. The van der Waals surface area contributed by atoms with Crippen LogP contribution in [0.5, 0.6) is 0 Å². The van der Waals surface area contributed by atoms with E-state index in [1.54, 1.807) is 0 Å². The van der Waals surface area contributed by atoms with Crippen LogP contribution in [-0.4, -0.2) is 17.0 Å². The highest BCUT2D eigenvalue weighted by Gasteiger charge is 1.89. The minimum Gasteiger partial charge on any atom is -0.396 e. The lowest BCUT2D eigenvalue weighted by Crippen LogP contribution is -1.84. The van der Waals surface area contributed by atoms with E-state index in [2.05, 4.69) is 28.9 Å². The van der Waals surface area contributed by atoms with Gasteiger partial charge >= 0.3 is 0 Å². The third-order valence-corrected chi connectivity index (χ3v) is 2.04. The largest absolute Gasteiger partial charge is 0.396 e. The van der Waals surface area contributed by atoms with E-state index in [-0.39, 0.29) is 0 Å². The van der Waals surface area contributed by atoms with Gasteiger partial charge in [-0.3, -0.25) is 0 Å². The maximum Gasteiger partial charge on any atom is 0.0431 e. The molecule has 2 heteroatoms. The number of aliphatic hydroxyl groups excluding tert-OH is 1. The zero-order valence-electron chi connectivity index (χ0n) is 7.15. The predicted octanol–water partition coefficient (Wildman–Crippen LogP) is 2.88. The van der Waals surface area contributed by atoms with Gasteiger partial charge in [0.2, 0.25) is 0 Å². The molecule has 0 saturated carbocycles. The van der Waals surface area contributed by atoms with Gasteiger partial charge in [-0.1, -0.05) is 27.6 Å². The van der Waals surface area contributed by atoms with Crippen LogP contribution in [0.1, 0.15) is 32.6 Å². The summed E-state index contributed by atoms with van der Waals surface area (Å²) in [7, 11) is 0. The first-order valence-electron chi connectivity index (χ1n) is 4.13. The van der Waals surface area contributed by atoms with Crippen molar-refractivity contribution in [3.8, 4) is 0 Å². The van der Waals surface area contributed by atoms with Gasteiger partial charge in [0, 0.05) is 11.9 Å². The van der Waals surface area contributed by atoms with Gasteiger partial charge in [-0.05, 0) is 32.6 Å². The van der Waals surface area contributed by atoms with Gasteiger partial charge in [-0.25, -0.2) is 0 Å². The smallest absolute Gasteiger partial charge is 0.0431 e. The summed E-state index contributed by atoms with van der Waals surface area (Å²) in [5.74, 6) is 0. The Labute approximate surface area is 77.6 Å². The number of allylic oxidation sites excluding steroid dienone is 2. The Morgan fingerprint density at radius 1 is 1.45 bits per heavy atom. The van der Waals surface area contributed by atoms with Crippen LogP contribution in [0.25, 0.3) is 0 Å². The molecule has 0 unspecified atom stereocenters. The Bertz CT molecular complexity index is 110. The molecule has 0 aromatic rings. The second-order valence-corrected chi connectivity index (χ2v) is 3.50. The van der Waals surface area contributed by atoms with Crippen molar-refractivity contribution < 1.29 is 5.11 Å². The lowest BCUT2D eigenvalue weighted by molar-refractivity contribution is 0.284. The van der Waals surface area contributed by atoms with Crippen LogP contribution in [0, 0.1) is 0 Å². The molecule has 0 spiro atoms. The fraction of sp³-hybridized carbons (Fsp3) is 0.778. The molecule has 0 aliphatic heterocycles. The molecule has 0 fully saturated rings.